The Morgan fingerprint density at radius 3 is 2.07 bits per heavy atom. The highest BCUT2D eigenvalue weighted by Crippen LogP contribution is 2.56. The number of allylic oxidation sites excluding steroid dienone is 2. The molecule has 4 aromatic carbocycles. The molecule has 3 atom stereocenters. The Kier molecular flexibility index (Phi) is 13.9. The maximum absolute atomic E-state index is 12.5. The van der Waals surface area contributed by atoms with Crippen LogP contribution in [-0.4, -0.2) is 71.2 Å². The first-order chi connectivity index (χ1) is 26.7. The molecule has 1 fully saturated rings. The van der Waals surface area contributed by atoms with Crippen LogP contribution in [0.1, 0.15) is 61.9 Å². The second kappa shape index (κ2) is 18.5. The van der Waals surface area contributed by atoms with Crippen molar-refractivity contribution in [3.05, 3.63) is 148 Å². The zero-order valence-electron chi connectivity index (χ0n) is 31.5. The number of nitrogens with one attached hydrogen (secondary N) is 1. The van der Waals surface area contributed by atoms with Gasteiger partial charge in [0.25, 0.3) is 5.91 Å². The molecule has 1 aliphatic heterocycles. The van der Waals surface area contributed by atoms with Gasteiger partial charge in [-0.15, -0.1) is 0 Å². The molecule has 0 bridgehead atoms. The van der Waals surface area contributed by atoms with E-state index in [1.807, 2.05) is 42.5 Å². The molecule has 6 rings (SSSR count). The molecular formula is C43H43FN2O10. The lowest BCUT2D eigenvalue weighted by atomic mass is 9.65. The fourth-order valence-corrected chi connectivity index (χ4v) is 6.93. The number of methoxy groups -OCH3 is 2. The predicted octanol–water partition coefficient (Wildman–Crippen LogP) is 6.94. The molecule has 4 N–H and O–H groups in total. The maximum Gasteiger partial charge on any atom is 0.352 e. The summed E-state index contributed by atoms with van der Waals surface area (Å²) in [7, 11) is 4.74. The molecule has 12 nitrogen and oxygen atoms in total. The summed E-state index contributed by atoms with van der Waals surface area (Å²) in [5.74, 6) is -3.66. The number of carbonyl (C=O) groups is 5. The van der Waals surface area contributed by atoms with Crippen LogP contribution in [-0.2, 0) is 14.4 Å². The van der Waals surface area contributed by atoms with Crippen molar-refractivity contribution in [2.45, 2.75) is 32.7 Å². The van der Waals surface area contributed by atoms with Gasteiger partial charge in [0.1, 0.15) is 28.4 Å². The summed E-state index contributed by atoms with van der Waals surface area (Å²) in [6.07, 6.45) is 6.09. The molecule has 1 saturated heterocycles. The molecule has 2 aliphatic rings. The van der Waals surface area contributed by atoms with Crippen molar-refractivity contribution in [1.82, 2.24) is 10.2 Å². The van der Waals surface area contributed by atoms with Crippen LogP contribution < -0.4 is 14.8 Å². The van der Waals surface area contributed by atoms with E-state index in [1.54, 1.807) is 75.4 Å². The first-order valence-electron chi connectivity index (χ1n) is 17.4. The Labute approximate surface area is 323 Å². The number of nitrogens with zero attached hydrogens (tertiary/aromatic N) is 1. The van der Waals surface area contributed by atoms with Crippen molar-refractivity contribution in [3.63, 3.8) is 0 Å². The molecule has 0 aromatic heterocycles. The van der Waals surface area contributed by atoms with Gasteiger partial charge in [0.2, 0.25) is 5.91 Å². The number of aryl methyl sites for hydroxylation is 1. The number of benzene rings is 4. The number of aromatic carboxylic acids is 1. The number of rotatable bonds is 9. The Bertz CT molecular complexity index is 2150. The second-order valence-electron chi connectivity index (χ2n) is 13.0. The number of aliphatic carboxylic acids is 2. The molecular weight excluding hydrogens is 723 g/mol. The number of fused-ring (bicyclic) bond motifs is 1. The first kappa shape index (κ1) is 42.0. The van der Waals surface area contributed by atoms with Crippen LogP contribution in [0.15, 0.2) is 109 Å². The van der Waals surface area contributed by atoms with Crippen LogP contribution >= 0.6 is 0 Å². The summed E-state index contributed by atoms with van der Waals surface area (Å²) in [5.41, 5.74) is 1.81. The minimum absolute atomic E-state index is 0.0185. The van der Waals surface area contributed by atoms with Crippen LogP contribution in [0, 0.1) is 31.0 Å². The molecule has 0 spiro atoms. The van der Waals surface area contributed by atoms with E-state index in [-0.39, 0.29) is 17.2 Å². The number of likely N-dealkylation sites (tertiary alicyclic amines) is 1. The SMILES string of the molecule is CN1C(=O)C2CC=CCC2(C(=O)O)C1c1ccccc1.COc1ccc(C=C(NC(=O)c2ccccc2)C(=O)O)c(OC)c1C.Cc1ccc(F)cc1C(=O)O. The van der Waals surface area contributed by atoms with Gasteiger partial charge in [-0.2, -0.15) is 0 Å². The maximum atomic E-state index is 12.5. The number of carboxylic acids is 3. The number of halogens is 1. The Hall–Kier alpha value is -6.76. The Balaban J connectivity index is 0.000000200. The van der Waals surface area contributed by atoms with Gasteiger partial charge < -0.3 is 35.0 Å². The second-order valence-corrected chi connectivity index (χ2v) is 13.0. The summed E-state index contributed by atoms with van der Waals surface area (Å²) in [5, 5.41) is 30.2. The van der Waals surface area contributed by atoms with E-state index in [1.165, 1.54) is 25.3 Å². The van der Waals surface area contributed by atoms with Crippen molar-refractivity contribution in [3.8, 4) is 11.5 Å². The summed E-state index contributed by atoms with van der Waals surface area (Å²) >= 11 is 0. The number of carbonyl (C=O) groups excluding carboxylic acids is 2. The smallest absolute Gasteiger partial charge is 0.352 e. The molecule has 13 heteroatoms. The zero-order chi connectivity index (χ0) is 41.2. The average molecular weight is 767 g/mol. The monoisotopic (exact) mass is 766 g/mol. The largest absolute Gasteiger partial charge is 0.496 e. The summed E-state index contributed by atoms with van der Waals surface area (Å²) in [6.45, 7) is 3.43. The van der Waals surface area contributed by atoms with E-state index in [2.05, 4.69) is 5.32 Å². The van der Waals surface area contributed by atoms with Crippen molar-refractivity contribution >= 4 is 35.8 Å². The highest BCUT2D eigenvalue weighted by Gasteiger charge is 2.62. The predicted molar refractivity (Wildman–Crippen MR) is 206 cm³/mol. The number of hydrogen-bond acceptors (Lipinski definition) is 7. The van der Waals surface area contributed by atoms with Gasteiger partial charge in [-0.1, -0.05) is 66.7 Å². The van der Waals surface area contributed by atoms with Crippen LogP contribution in [0.3, 0.4) is 0 Å². The Morgan fingerprint density at radius 2 is 1.52 bits per heavy atom. The number of amides is 2. The standard InChI is InChI=1S/C19H19NO5.C16H17NO3.C8H7FO2/c1-12-16(24-2)10-9-14(17(12)25-3)11-15(19(22)23)20-18(21)13-7-5-4-6-8-13;1-17-13(11-7-3-2-4-8-11)16(15(19)20)10-6-5-9-12(16)14(17)18;1-5-2-3-6(9)4-7(5)8(10)11/h4-11H,1-3H3,(H,20,21)(H,22,23);2-8,12-13H,9-10H2,1H3,(H,19,20);2-4H,1H3,(H,10,11). The normalized spacial score (nSPS) is 18.3. The highest BCUT2D eigenvalue weighted by atomic mass is 19.1. The van der Waals surface area contributed by atoms with Crippen LogP contribution in [0.5, 0.6) is 11.5 Å². The summed E-state index contributed by atoms with van der Waals surface area (Å²) in [6, 6.07) is 24.5. The minimum Gasteiger partial charge on any atom is -0.496 e. The van der Waals surface area contributed by atoms with Gasteiger partial charge in [-0.05, 0) is 80.3 Å². The third-order valence-corrected chi connectivity index (χ3v) is 9.71. The highest BCUT2D eigenvalue weighted by molar-refractivity contribution is 6.03. The topological polar surface area (TPSA) is 180 Å². The zero-order valence-corrected chi connectivity index (χ0v) is 31.5. The molecule has 56 heavy (non-hydrogen) atoms. The number of ether oxygens (including phenoxy) is 2. The minimum atomic E-state index is -1.25. The van der Waals surface area contributed by atoms with Gasteiger partial charge in [-0.3, -0.25) is 14.4 Å². The van der Waals surface area contributed by atoms with Crippen LogP contribution in [0.4, 0.5) is 4.39 Å². The molecule has 1 aliphatic carbocycles. The van der Waals surface area contributed by atoms with Gasteiger partial charge in [0.15, 0.2) is 0 Å². The van der Waals surface area contributed by atoms with E-state index in [0.717, 1.165) is 17.2 Å². The van der Waals surface area contributed by atoms with Gasteiger partial charge in [0, 0.05) is 23.7 Å². The molecule has 2 amide bonds. The van der Waals surface area contributed by atoms with Gasteiger partial charge in [0.05, 0.1) is 31.7 Å². The summed E-state index contributed by atoms with van der Waals surface area (Å²) < 4.78 is 23.0. The van der Waals surface area contributed by atoms with E-state index >= 15 is 0 Å². The van der Waals surface area contributed by atoms with Gasteiger partial charge in [-0.25, -0.2) is 14.0 Å². The molecule has 292 valence electrons. The fraction of sp³-hybridized carbons (Fsp3) is 0.233. The Morgan fingerprint density at radius 1 is 0.875 bits per heavy atom. The third-order valence-electron chi connectivity index (χ3n) is 9.71. The number of carboxylic acid groups (broad SMARTS) is 3. The van der Waals surface area contributed by atoms with Gasteiger partial charge >= 0.3 is 17.9 Å². The lowest BCUT2D eigenvalue weighted by molar-refractivity contribution is -0.154. The molecule has 1 heterocycles. The van der Waals surface area contributed by atoms with Crippen molar-refractivity contribution < 1.29 is 53.2 Å². The number of hydrogen-bond donors (Lipinski definition) is 4. The third kappa shape index (κ3) is 9.12. The quantitative estimate of drug-likeness (QED) is 0.103. The van der Waals surface area contributed by atoms with E-state index in [0.29, 0.717) is 41.0 Å². The molecule has 4 aromatic rings. The van der Waals surface area contributed by atoms with Crippen molar-refractivity contribution in [1.29, 1.82) is 0 Å². The van der Waals surface area contributed by atoms with E-state index < -0.39 is 47.0 Å². The fourth-order valence-electron chi connectivity index (χ4n) is 6.93. The lowest BCUT2D eigenvalue weighted by Crippen LogP contribution is -2.42. The molecule has 0 radical (unpaired) electrons. The molecule has 0 saturated carbocycles. The summed E-state index contributed by atoms with van der Waals surface area (Å²) in [4.78, 5) is 60.2. The van der Waals surface area contributed by atoms with Crippen molar-refractivity contribution in [2.24, 2.45) is 11.3 Å². The van der Waals surface area contributed by atoms with E-state index in [9.17, 15) is 38.6 Å². The van der Waals surface area contributed by atoms with Crippen LogP contribution in [0.2, 0.25) is 0 Å². The van der Waals surface area contributed by atoms with Crippen LogP contribution in [0.25, 0.3) is 6.08 Å². The lowest BCUT2D eigenvalue weighted by Gasteiger charge is -2.36. The average Bonchev–Trinajstić information content (AvgIpc) is 3.43. The van der Waals surface area contributed by atoms with Crippen molar-refractivity contribution in [2.75, 3.05) is 21.3 Å². The first-order valence-corrected chi connectivity index (χ1v) is 17.4. The molecule has 3 unspecified atom stereocenters. The van der Waals surface area contributed by atoms with E-state index in [4.69, 9.17) is 14.6 Å².